The molecule has 1 fully saturated rings. The maximum absolute atomic E-state index is 12.8. The Hall–Kier alpha value is -1.42. The molecule has 0 bridgehead atoms. The molecule has 306 valence electrons. The van der Waals surface area contributed by atoms with Crippen molar-refractivity contribution >= 4 is 16.4 Å². The molecule has 1 rings (SSSR count). The fraction of sp³-hybridized carbons (Fsp3) is 0.872. The van der Waals surface area contributed by atoms with Crippen LogP contribution >= 0.6 is 0 Å². The fourth-order valence-corrected chi connectivity index (χ4v) is 6.50. The number of hydrogen-bond acceptors (Lipinski definition) is 11. The lowest BCUT2D eigenvalue weighted by molar-refractivity contribution is -0.301. The maximum Gasteiger partial charge on any atom is 0.397 e. The molecule has 0 saturated carbocycles. The number of rotatable bonds is 34. The number of allylic oxidation sites excluding steroid dienone is 4. The van der Waals surface area contributed by atoms with Gasteiger partial charge in [0.05, 0.1) is 19.8 Å². The Labute approximate surface area is 314 Å². The highest BCUT2D eigenvalue weighted by Crippen LogP contribution is 2.26. The van der Waals surface area contributed by atoms with E-state index >= 15 is 0 Å². The minimum Gasteiger partial charge on any atom is -0.457 e. The van der Waals surface area contributed by atoms with Crippen molar-refractivity contribution in [1.82, 2.24) is 0 Å². The molecule has 4 N–H and O–H groups in total. The van der Waals surface area contributed by atoms with Crippen LogP contribution in [-0.2, 0) is 38.3 Å². The van der Waals surface area contributed by atoms with E-state index in [1.807, 2.05) is 0 Å². The molecule has 12 nitrogen and oxygen atoms in total. The molecule has 6 unspecified atom stereocenters. The minimum atomic E-state index is -5.05. The Balaban J connectivity index is 2.45. The molecule has 1 saturated heterocycles. The van der Waals surface area contributed by atoms with E-state index in [0.29, 0.717) is 13.0 Å². The van der Waals surface area contributed by atoms with Crippen LogP contribution < -0.4 is 0 Å². The Morgan fingerprint density at radius 3 is 1.87 bits per heavy atom. The number of ether oxygens (including phenoxy) is 4. The van der Waals surface area contributed by atoms with E-state index in [0.717, 1.165) is 51.4 Å². The first-order valence-corrected chi connectivity index (χ1v) is 21.5. The van der Waals surface area contributed by atoms with Crippen LogP contribution in [0, 0.1) is 0 Å². The Kier molecular flexibility index (Phi) is 29.8. The number of aliphatic hydroxyl groups excluding tert-OH is 3. The number of carbonyl (C=O) groups excluding carboxylic acids is 1. The summed E-state index contributed by atoms with van der Waals surface area (Å²) in [7, 11) is -5.05. The van der Waals surface area contributed by atoms with Crippen molar-refractivity contribution in [3.8, 4) is 0 Å². The fourth-order valence-electron chi connectivity index (χ4n) is 6.00. The lowest BCUT2D eigenvalue weighted by atomic mass is 9.99. The molecule has 6 atom stereocenters. The zero-order valence-corrected chi connectivity index (χ0v) is 32.9. The number of aliphatic hydroxyl groups is 3. The molecule has 0 radical (unpaired) electrons. The van der Waals surface area contributed by atoms with Crippen LogP contribution in [0.25, 0.3) is 0 Å². The number of hydrogen-bond donors (Lipinski definition) is 4. The van der Waals surface area contributed by atoms with Gasteiger partial charge in [0.1, 0.15) is 30.5 Å². The number of carbonyl (C=O) groups is 1. The minimum absolute atomic E-state index is 0.0347. The molecule has 52 heavy (non-hydrogen) atoms. The van der Waals surface area contributed by atoms with Crippen molar-refractivity contribution < 1.29 is 56.2 Å². The van der Waals surface area contributed by atoms with Gasteiger partial charge in [0.2, 0.25) is 0 Å². The van der Waals surface area contributed by atoms with Crippen molar-refractivity contribution in [3.05, 3.63) is 24.3 Å². The van der Waals surface area contributed by atoms with E-state index < -0.39 is 59.8 Å². The van der Waals surface area contributed by atoms with Crippen LogP contribution in [0.2, 0.25) is 0 Å². The van der Waals surface area contributed by atoms with Crippen LogP contribution in [0.5, 0.6) is 0 Å². The predicted octanol–water partition coefficient (Wildman–Crippen LogP) is 7.29. The molecule has 1 aliphatic rings. The van der Waals surface area contributed by atoms with Crippen molar-refractivity contribution in [2.24, 2.45) is 0 Å². The van der Waals surface area contributed by atoms with Crippen molar-refractivity contribution in [2.75, 3.05) is 26.4 Å². The molecule has 0 aromatic rings. The molecule has 0 aliphatic carbocycles. The second-order valence-electron chi connectivity index (χ2n) is 13.9. The highest BCUT2D eigenvalue weighted by molar-refractivity contribution is 7.80. The normalized spacial score (nSPS) is 21.7. The molecule has 1 aliphatic heterocycles. The number of unbranched alkanes of at least 4 members (excludes halogenated alkanes) is 17. The average Bonchev–Trinajstić information content (AvgIpc) is 3.11. The molecule has 0 aromatic carbocycles. The smallest absolute Gasteiger partial charge is 0.397 e. The lowest BCUT2D eigenvalue weighted by Crippen LogP contribution is -2.60. The van der Waals surface area contributed by atoms with E-state index in [2.05, 4.69) is 42.3 Å². The van der Waals surface area contributed by atoms with Crippen LogP contribution in [-0.4, -0.2) is 97.5 Å². The van der Waals surface area contributed by atoms with E-state index in [4.69, 9.17) is 23.5 Å². The second kappa shape index (κ2) is 31.9. The third-order valence-corrected chi connectivity index (χ3v) is 9.54. The summed E-state index contributed by atoms with van der Waals surface area (Å²) in [4.78, 5) is 12.8. The molecular weight excluding hydrogens is 692 g/mol. The second-order valence-corrected chi connectivity index (χ2v) is 14.9. The van der Waals surface area contributed by atoms with Crippen molar-refractivity contribution in [2.45, 2.75) is 192 Å². The van der Waals surface area contributed by atoms with Crippen molar-refractivity contribution in [1.29, 1.82) is 0 Å². The van der Waals surface area contributed by atoms with E-state index in [-0.39, 0.29) is 19.6 Å². The van der Waals surface area contributed by atoms with E-state index in [9.17, 15) is 28.5 Å². The first kappa shape index (κ1) is 48.6. The molecule has 1 heterocycles. The highest BCUT2D eigenvalue weighted by atomic mass is 32.3. The van der Waals surface area contributed by atoms with Gasteiger partial charge in [-0.15, -0.1) is 0 Å². The van der Waals surface area contributed by atoms with Gasteiger partial charge in [-0.05, 0) is 44.9 Å². The predicted molar refractivity (Wildman–Crippen MR) is 202 cm³/mol. The van der Waals surface area contributed by atoms with Crippen molar-refractivity contribution in [3.63, 3.8) is 0 Å². The summed E-state index contributed by atoms with van der Waals surface area (Å²) < 4.78 is 58.7. The van der Waals surface area contributed by atoms with Crippen LogP contribution in [0.15, 0.2) is 24.3 Å². The molecule has 0 aromatic heterocycles. The zero-order chi connectivity index (χ0) is 38.3. The topological polar surface area (TPSA) is 178 Å². The quantitative estimate of drug-likeness (QED) is 0.0223. The number of esters is 1. The van der Waals surface area contributed by atoms with Gasteiger partial charge in [-0.25, -0.2) is 4.18 Å². The molecule has 13 heteroatoms. The monoisotopic (exact) mass is 764 g/mol. The van der Waals surface area contributed by atoms with Gasteiger partial charge < -0.3 is 34.3 Å². The Morgan fingerprint density at radius 1 is 0.731 bits per heavy atom. The third kappa shape index (κ3) is 25.6. The summed E-state index contributed by atoms with van der Waals surface area (Å²) >= 11 is 0. The third-order valence-electron chi connectivity index (χ3n) is 9.08. The van der Waals surface area contributed by atoms with Gasteiger partial charge in [0.15, 0.2) is 6.29 Å². The standard InChI is InChI=1S/C39H72O12S/c1-3-5-7-9-11-13-14-15-16-17-18-19-20-21-22-24-26-28-35(41)49-33(31-47-29-27-25-23-12-10-8-6-4-2)32-48-39-37(43)38(51-52(44,45)46)36(42)34(30-40)50-39/h11,13,15-16,33-34,36-40,42-43H,3-10,12,14,17-32H2,1-2H3,(H,44,45,46)/b13-11-,16-15-. The van der Waals surface area contributed by atoms with Gasteiger partial charge in [0, 0.05) is 13.0 Å². The molecular formula is C39H72O12S. The summed E-state index contributed by atoms with van der Waals surface area (Å²) in [5.74, 6) is -0.409. The van der Waals surface area contributed by atoms with E-state index in [1.54, 1.807) is 0 Å². The van der Waals surface area contributed by atoms with Crippen LogP contribution in [0.4, 0.5) is 0 Å². The van der Waals surface area contributed by atoms with Gasteiger partial charge in [-0.1, -0.05) is 128 Å². The summed E-state index contributed by atoms with van der Waals surface area (Å²) in [6.45, 7) is 3.91. The largest absolute Gasteiger partial charge is 0.457 e. The van der Waals surface area contributed by atoms with Crippen LogP contribution in [0.3, 0.4) is 0 Å². The first-order chi connectivity index (χ1) is 25.1. The average molecular weight is 765 g/mol. The summed E-state index contributed by atoms with van der Waals surface area (Å²) in [6, 6.07) is 0. The summed E-state index contributed by atoms with van der Waals surface area (Å²) in [5, 5.41) is 30.5. The van der Waals surface area contributed by atoms with Crippen LogP contribution in [0.1, 0.15) is 155 Å². The highest BCUT2D eigenvalue weighted by Gasteiger charge is 2.48. The van der Waals surface area contributed by atoms with Gasteiger partial charge in [-0.3, -0.25) is 9.35 Å². The van der Waals surface area contributed by atoms with Gasteiger partial charge in [-0.2, -0.15) is 8.42 Å². The SMILES string of the molecule is CCCCC/C=C\C/C=C\CCCCCCCCCC(=O)OC(COCCCCCCCCCC)COC1OC(CO)C(O)C(OS(=O)(=O)O)C1O. The molecule has 0 amide bonds. The van der Waals surface area contributed by atoms with Gasteiger partial charge in [0.25, 0.3) is 0 Å². The summed E-state index contributed by atoms with van der Waals surface area (Å²) in [5.41, 5.74) is 0. The van der Waals surface area contributed by atoms with E-state index in [1.165, 1.54) is 77.0 Å². The Bertz CT molecular complexity index is 1020. The maximum atomic E-state index is 12.8. The zero-order valence-electron chi connectivity index (χ0n) is 32.1. The molecule has 0 spiro atoms. The summed E-state index contributed by atoms with van der Waals surface area (Å²) in [6.07, 6.45) is 23.7. The Morgan fingerprint density at radius 2 is 1.27 bits per heavy atom. The lowest BCUT2D eigenvalue weighted by Gasteiger charge is -2.41. The first-order valence-electron chi connectivity index (χ1n) is 20.1. The van der Waals surface area contributed by atoms with Gasteiger partial charge >= 0.3 is 16.4 Å².